The quantitative estimate of drug-likeness (QED) is 0.932. The molecule has 0 radical (unpaired) electrons. The van der Waals surface area contributed by atoms with E-state index >= 15 is 0 Å². The number of hydrogen-bond donors (Lipinski definition) is 1. The number of hydrogen-bond acceptors (Lipinski definition) is 3. The molecule has 7 heteroatoms. The van der Waals surface area contributed by atoms with Crippen LogP contribution in [0, 0.1) is 5.82 Å². The van der Waals surface area contributed by atoms with Crippen LogP contribution in [-0.4, -0.2) is 46.2 Å². The van der Waals surface area contributed by atoms with Gasteiger partial charge >= 0.3 is 12.0 Å². The van der Waals surface area contributed by atoms with Crippen LogP contribution in [0.25, 0.3) is 0 Å². The number of carboxylic acids is 1. The van der Waals surface area contributed by atoms with Crippen molar-refractivity contribution in [2.24, 2.45) is 0 Å². The highest BCUT2D eigenvalue weighted by atomic mass is 32.2. The average molecular weight is 312 g/mol. The maximum Gasteiger partial charge on any atom is 0.327 e. The molecule has 5 nitrogen and oxygen atoms in total. The summed E-state index contributed by atoms with van der Waals surface area (Å²) in [6, 6.07) is 4.56. The minimum absolute atomic E-state index is 0.137. The Morgan fingerprint density at radius 3 is 2.71 bits per heavy atom. The maximum atomic E-state index is 13.8. The van der Waals surface area contributed by atoms with Crippen molar-refractivity contribution in [3.8, 4) is 0 Å². The van der Waals surface area contributed by atoms with E-state index in [0.717, 1.165) is 0 Å². The van der Waals surface area contributed by atoms with E-state index in [1.807, 2.05) is 6.92 Å². The molecular weight excluding hydrogens is 295 g/mol. The SMILES string of the molecule is CCC1SCC(C(=O)O)N1C(=O)N(C)c1ccccc1F. The Labute approximate surface area is 126 Å². The predicted molar refractivity (Wildman–Crippen MR) is 80.0 cm³/mol. The fourth-order valence-corrected chi connectivity index (χ4v) is 3.67. The molecule has 0 spiro atoms. The number of thioether (sulfide) groups is 1. The van der Waals surface area contributed by atoms with Crippen molar-refractivity contribution >= 4 is 29.4 Å². The van der Waals surface area contributed by atoms with Gasteiger partial charge in [0.1, 0.15) is 11.9 Å². The summed E-state index contributed by atoms with van der Waals surface area (Å²) >= 11 is 1.44. The van der Waals surface area contributed by atoms with Gasteiger partial charge in [0.15, 0.2) is 0 Å². The first-order valence-corrected chi connectivity index (χ1v) is 7.67. The molecule has 114 valence electrons. The Balaban J connectivity index is 2.28. The van der Waals surface area contributed by atoms with Crippen LogP contribution >= 0.6 is 11.8 Å². The molecule has 1 aromatic rings. The standard InChI is InChI=1S/C14H17FN2O3S/c1-3-12-17(11(8-21-12)13(18)19)14(20)16(2)10-7-5-4-6-9(10)15/h4-7,11-12H,3,8H2,1-2H3,(H,18,19). The first-order valence-electron chi connectivity index (χ1n) is 6.62. The summed E-state index contributed by atoms with van der Waals surface area (Å²) in [6.45, 7) is 1.89. The van der Waals surface area contributed by atoms with Crippen molar-refractivity contribution in [2.45, 2.75) is 24.8 Å². The van der Waals surface area contributed by atoms with E-state index in [1.165, 1.54) is 46.8 Å². The zero-order valence-electron chi connectivity index (χ0n) is 11.8. The van der Waals surface area contributed by atoms with Crippen molar-refractivity contribution in [3.05, 3.63) is 30.1 Å². The van der Waals surface area contributed by atoms with Crippen molar-refractivity contribution in [1.82, 2.24) is 4.90 Å². The molecule has 1 heterocycles. The van der Waals surface area contributed by atoms with Gasteiger partial charge in [0.2, 0.25) is 0 Å². The van der Waals surface area contributed by atoms with Crippen LogP contribution in [0.1, 0.15) is 13.3 Å². The summed E-state index contributed by atoms with van der Waals surface area (Å²) in [7, 11) is 1.45. The molecule has 2 rings (SSSR count). The number of para-hydroxylation sites is 1. The third kappa shape index (κ3) is 2.97. The molecule has 1 aliphatic rings. The lowest BCUT2D eigenvalue weighted by atomic mass is 10.2. The zero-order valence-corrected chi connectivity index (χ0v) is 12.6. The molecule has 0 saturated carbocycles. The Bertz CT molecular complexity index is 555. The average Bonchev–Trinajstić information content (AvgIpc) is 2.90. The van der Waals surface area contributed by atoms with Crippen LogP contribution in [0.2, 0.25) is 0 Å². The predicted octanol–water partition coefficient (Wildman–Crippen LogP) is 2.62. The molecule has 2 unspecified atom stereocenters. The topological polar surface area (TPSA) is 60.9 Å². The van der Waals surface area contributed by atoms with Gasteiger partial charge in [0.05, 0.1) is 11.1 Å². The lowest BCUT2D eigenvalue weighted by Crippen LogP contribution is -2.50. The number of anilines is 1. The highest BCUT2D eigenvalue weighted by molar-refractivity contribution is 8.00. The smallest absolute Gasteiger partial charge is 0.327 e. The van der Waals surface area contributed by atoms with Gasteiger partial charge in [-0.2, -0.15) is 0 Å². The third-order valence-electron chi connectivity index (χ3n) is 3.45. The Kier molecular flexibility index (Phi) is 4.72. The van der Waals surface area contributed by atoms with E-state index in [2.05, 4.69) is 0 Å². The lowest BCUT2D eigenvalue weighted by Gasteiger charge is -2.31. The molecule has 1 N–H and O–H groups in total. The number of carbonyl (C=O) groups excluding carboxylic acids is 1. The summed E-state index contributed by atoms with van der Waals surface area (Å²) in [6.07, 6.45) is 0.644. The summed E-state index contributed by atoms with van der Waals surface area (Å²) in [5.74, 6) is -1.20. The molecule has 0 aliphatic carbocycles. The van der Waals surface area contributed by atoms with Crippen LogP contribution in [-0.2, 0) is 4.79 Å². The fourth-order valence-electron chi connectivity index (χ4n) is 2.32. The summed E-state index contributed by atoms with van der Waals surface area (Å²) < 4.78 is 13.8. The van der Waals surface area contributed by atoms with Gasteiger partial charge in [0.25, 0.3) is 0 Å². The van der Waals surface area contributed by atoms with Crippen molar-refractivity contribution in [2.75, 3.05) is 17.7 Å². The highest BCUT2D eigenvalue weighted by Crippen LogP contribution is 2.33. The molecule has 21 heavy (non-hydrogen) atoms. The number of urea groups is 1. The van der Waals surface area contributed by atoms with E-state index in [0.29, 0.717) is 12.2 Å². The normalized spacial score (nSPS) is 21.4. The molecule has 2 atom stereocenters. The van der Waals surface area contributed by atoms with Crippen LogP contribution in [0.3, 0.4) is 0 Å². The number of rotatable bonds is 3. The summed E-state index contributed by atoms with van der Waals surface area (Å²) in [5, 5.41) is 9.05. The largest absolute Gasteiger partial charge is 0.480 e. The van der Waals surface area contributed by atoms with Gasteiger partial charge < -0.3 is 5.11 Å². The first-order chi connectivity index (χ1) is 9.97. The lowest BCUT2D eigenvalue weighted by molar-refractivity contribution is -0.141. The summed E-state index contributed by atoms with van der Waals surface area (Å²) in [5.41, 5.74) is 0.137. The van der Waals surface area contributed by atoms with E-state index in [-0.39, 0.29) is 11.1 Å². The van der Waals surface area contributed by atoms with Gasteiger partial charge in [0, 0.05) is 12.8 Å². The maximum absolute atomic E-state index is 13.8. The van der Waals surface area contributed by atoms with Gasteiger partial charge in [-0.15, -0.1) is 11.8 Å². The van der Waals surface area contributed by atoms with Crippen molar-refractivity contribution < 1.29 is 19.1 Å². The number of aliphatic carboxylic acids is 1. The number of carbonyl (C=O) groups is 2. The summed E-state index contributed by atoms with van der Waals surface area (Å²) in [4.78, 5) is 26.4. The highest BCUT2D eigenvalue weighted by Gasteiger charge is 2.42. The molecule has 1 fully saturated rings. The number of nitrogens with zero attached hydrogens (tertiary/aromatic N) is 2. The van der Waals surface area contributed by atoms with Crippen LogP contribution < -0.4 is 4.90 Å². The molecule has 1 aliphatic heterocycles. The minimum atomic E-state index is -1.03. The fraction of sp³-hybridized carbons (Fsp3) is 0.429. The monoisotopic (exact) mass is 312 g/mol. The minimum Gasteiger partial charge on any atom is -0.480 e. The van der Waals surface area contributed by atoms with E-state index < -0.39 is 23.9 Å². The zero-order chi connectivity index (χ0) is 15.6. The van der Waals surface area contributed by atoms with E-state index in [9.17, 15) is 19.1 Å². The molecule has 1 saturated heterocycles. The molecular formula is C14H17FN2O3S. The van der Waals surface area contributed by atoms with Gasteiger partial charge in [-0.1, -0.05) is 19.1 Å². The Morgan fingerprint density at radius 2 is 2.14 bits per heavy atom. The molecule has 2 amide bonds. The Morgan fingerprint density at radius 1 is 1.48 bits per heavy atom. The van der Waals surface area contributed by atoms with Crippen LogP contribution in [0.15, 0.2) is 24.3 Å². The second-order valence-corrected chi connectivity index (χ2v) is 5.96. The third-order valence-corrected chi connectivity index (χ3v) is 4.90. The number of amides is 2. The second kappa shape index (κ2) is 6.34. The van der Waals surface area contributed by atoms with Gasteiger partial charge in [-0.25, -0.2) is 14.0 Å². The number of halogens is 1. The van der Waals surface area contributed by atoms with Crippen LogP contribution in [0.4, 0.5) is 14.9 Å². The molecule has 0 aromatic heterocycles. The van der Waals surface area contributed by atoms with E-state index in [1.54, 1.807) is 6.07 Å². The van der Waals surface area contributed by atoms with E-state index in [4.69, 9.17) is 0 Å². The number of carboxylic acid groups (broad SMARTS) is 1. The van der Waals surface area contributed by atoms with Crippen molar-refractivity contribution in [3.63, 3.8) is 0 Å². The molecule has 1 aromatic carbocycles. The Hall–Kier alpha value is -1.76. The second-order valence-electron chi connectivity index (χ2n) is 4.75. The van der Waals surface area contributed by atoms with Crippen LogP contribution in [0.5, 0.6) is 0 Å². The van der Waals surface area contributed by atoms with Gasteiger partial charge in [-0.3, -0.25) is 9.80 Å². The molecule has 0 bridgehead atoms. The van der Waals surface area contributed by atoms with Crippen molar-refractivity contribution in [1.29, 1.82) is 0 Å². The first kappa shape index (κ1) is 15.6. The number of benzene rings is 1. The van der Waals surface area contributed by atoms with Gasteiger partial charge in [-0.05, 0) is 18.6 Å².